The molecule has 0 bridgehead atoms. The number of aryl methyl sites for hydroxylation is 2. The molecule has 6 aromatic carbocycles. The van der Waals surface area contributed by atoms with Crippen LogP contribution in [0.4, 0.5) is 4.39 Å². The third-order valence-electron chi connectivity index (χ3n) is 20.2. The average molecular weight is 1620 g/mol. The number of carbonyl (C=O) groups excluding carboxylic acids is 6. The SMILES string of the molecule is C.C.C.C.C.C.CCOP(=O)(Cc1ccc(C[C@H](NC)C(C)=O)cc1)OCC.CNC(CC1=CCc2c(C)cccc21)C(C)=O.CNC(CC1=CCc2cc(F)ccc21)C(C)=O.CNC(CC1=CCc2ccc(Cl)cc21)C(C)=O.CNC(CC1=CCc2cccc(C)c21)C(C)=O.CN[C@@H](CC1=CCc2cc(Cl)ccc21)C(C)=O. The zero-order valence-electron chi connectivity index (χ0n) is 65.5. The van der Waals surface area contributed by atoms with Gasteiger partial charge >= 0.3 is 7.60 Å². The number of rotatable bonds is 30. The van der Waals surface area contributed by atoms with E-state index >= 15 is 0 Å². The molecule has 5 aliphatic carbocycles. The molecule has 622 valence electrons. The lowest BCUT2D eigenvalue weighted by molar-refractivity contribution is -0.119. The van der Waals surface area contributed by atoms with Crippen LogP contribution in [-0.2, 0) is 87.1 Å². The van der Waals surface area contributed by atoms with Crippen LogP contribution in [0.1, 0.15) is 210 Å². The number of nitrogens with one attached hydrogen (secondary N) is 6. The molecule has 0 heterocycles. The second-order valence-corrected chi connectivity index (χ2v) is 30.6. The number of fused-ring (bicyclic) bond motifs is 5. The van der Waals surface area contributed by atoms with Gasteiger partial charge in [-0.05, 0) is 324 Å². The summed E-state index contributed by atoms with van der Waals surface area (Å²) in [5, 5.41) is 19.8. The fourth-order valence-electron chi connectivity index (χ4n) is 14.0. The molecule has 4 unspecified atom stereocenters. The van der Waals surface area contributed by atoms with Crippen molar-refractivity contribution < 1.29 is 46.8 Å². The van der Waals surface area contributed by atoms with Crippen molar-refractivity contribution in [1.82, 2.24) is 31.9 Å². The van der Waals surface area contributed by atoms with Crippen molar-refractivity contribution in [2.75, 3.05) is 55.5 Å². The van der Waals surface area contributed by atoms with E-state index in [0.29, 0.717) is 26.1 Å². The van der Waals surface area contributed by atoms with Crippen LogP contribution in [-0.4, -0.2) is 126 Å². The second kappa shape index (κ2) is 52.1. The van der Waals surface area contributed by atoms with E-state index in [1.54, 1.807) is 81.6 Å². The maximum Gasteiger partial charge on any atom is 0.335 e. The molecule has 113 heavy (non-hydrogen) atoms. The summed E-state index contributed by atoms with van der Waals surface area (Å²) in [5.41, 5.74) is 23.4. The number of ketones is 6. The van der Waals surface area contributed by atoms with Gasteiger partial charge in [-0.3, -0.25) is 33.3 Å². The Morgan fingerprint density at radius 3 is 1.20 bits per heavy atom. The van der Waals surface area contributed by atoms with Gasteiger partial charge in [0, 0.05) is 10.0 Å². The minimum absolute atomic E-state index is 0. The van der Waals surface area contributed by atoms with Crippen LogP contribution in [0.5, 0.6) is 0 Å². The molecule has 0 amide bonds. The topological polar surface area (TPSA) is 210 Å². The van der Waals surface area contributed by atoms with E-state index in [1.807, 2.05) is 82.8 Å². The van der Waals surface area contributed by atoms with Gasteiger partial charge in [0.2, 0.25) is 0 Å². The normalized spacial score (nSPS) is 14.1. The van der Waals surface area contributed by atoms with Gasteiger partial charge in [0.15, 0.2) is 0 Å². The molecule has 0 aliphatic heterocycles. The highest BCUT2D eigenvalue weighted by Gasteiger charge is 2.28. The Bertz CT molecular complexity index is 4190. The molecular formula is C94H136Cl2FN6O9P. The molecule has 19 heteroatoms. The molecule has 6 N–H and O–H groups in total. The standard InChI is InChI=1S/C16H26NO4P.2C15H19NO.2C14H16ClNO.C14H16FNO.6CH4/c1-5-20-22(19,21-6-2)12-15-9-7-14(8-10-15)11-16(17-4)13(3)18;1-10-5-4-6-14-12(7-8-13(10)14)9-15(16-3)11(2)17;1-10-5-4-6-12-7-8-13(15(10)12)9-14(16-3)11(2)17;1-9(17)14(16-2)8-11-4-3-10-7-12(15)5-6-13(10)11;1-9(17)14(16-2)7-11-4-3-10-5-6-12(15)8-13(10)11;1-9(17)14(16-2)8-11-4-3-10-7-12(15)5-6-13(10)11;;;;;;/h7-10,16-17H,5-6,11-12H2,1-4H3;4-7,15-16H,8-9H2,1-3H3;4-6,8,14,16H,7,9H2,1-3H3;4-7,14,16H,3,8H2,1-2H3;4-6,8,14,16H,3,7H2,1-2H3;4-7,14,16H,3,8H2,1-2H3;6*1H4/t16-;;;14-;;;;;;;;/m0..0......../s1. The van der Waals surface area contributed by atoms with Gasteiger partial charge in [-0.25, -0.2) is 4.39 Å². The Hall–Kier alpha value is -7.54. The van der Waals surface area contributed by atoms with E-state index in [2.05, 4.69) is 119 Å². The van der Waals surface area contributed by atoms with E-state index in [4.69, 9.17) is 32.2 Å². The fraction of sp³-hybridized carbons (Fsp3) is 0.447. The van der Waals surface area contributed by atoms with Crippen LogP contribution in [0.3, 0.4) is 0 Å². The number of carbonyl (C=O) groups is 6. The van der Waals surface area contributed by atoms with Gasteiger partial charge in [-0.1, -0.05) is 177 Å². The van der Waals surface area contributed by atoms with E-state index in [9.17, 15) is 37.7 Å². The van der Waals surface area contributed by atoms with Gasteiger partial charge in [-0.15, -0.1) is 0 Å². The molecule has 0 saturated carbocycles. The van der Waals surface area contributed by atoms with E-state index in [-0.39, 0.29) is 127 Å². The van der Waals surface area contributed by atoms with Crippen LogP contribution in [0, 0.1) is 19.7 Å². The molecule has 6 atom stereocenters. The zero-order chi connectivity index (χ0) is 78.7. The first-order valence-electron chi connectivity index (χ1n) is 37.1. The predicted molar refractivity (Wildman–Crippen MR) is 479 cm³/mol. The molecule has 11 rings (SSSR count). The molecule has 0 spiro atoms. The summed E-state index contributed by atoms with van der Waals surface area (Å²) < 4.78 is 36.1. The van der Waals surface area contributed by atoms with Crippen molar-refractivity contribution in [3.63, 3.8) is 0 Å². The first-order valence-corrected chi connectivity index (χ1v) is 39.5. The summed E-state index contributed by atoms with van der Waals surface area (Å²) in [6, 6.07) is 36.6. The van der Waals surface area contributed by atoms with E-state index < -0.39 is 7.60 Å². The highest BCUT2D eigenvalue weighted by atomic mass is 35.5. The number of hydrogen-bond acceptors (Lipinski definition) is 15. The molecule has 0 fully saturated rings. The van der Waals surface area contributed by atoms with E-state index in [0.717, 1.165) is 95.7 Å². The lowest BCUT2D eigenvalue weighted by Gasteiger charge is -2.17. The van der Waals surface area contributed by atoms with Crippen LogP contribution >= 0.6 is 30.8 Å². The Morgan fingerprint density at radius 1 is 0.389 bits per heavy atom. The third kappa shape index (κ3) is 31.2. The summed E-state index contributed by atoms with van der Waals surface area (Å²) in [6.45, 7) is 18.3. The smallest absolute Gasteiger partial charge is 0.310 e. The van der Waals surface area contributed by atoms with Crippen molar-refractivity contribution in [3.05, 3.63) is 239 Å². The van der Waals surface area contributed by atoms with Crippen LogP contribution < -0.4 is 31.9 Å². The first-order chi connectivity index (χ1) is 51.0. The Balaban J connectivity index is 0.00000132. The minimum atomic E-state index is -3.07. The molecule has 5 aliphatic rings. The summed E-state index contributed by atoms with van der Waals surface area (Å²) in [7, 11) is 7.83. The summed E-state index contributed by atoms with van der Waals surface area (Å²) >= 11 is 12.0. The fourth-order valence-corrected chi connectivity index (χ4v) is 16.0. The van der Waals surface area contributed by atoms with Gasteiger partial charge < -0.3 is 40.9 Å². The Labute approximate surface area is 689 Å². The third-order valence-corrected chi connectivity index (χ3v) is 22.7. The Morgan fingerprint density at radius 2 is 0.743 bits per heavy atom. The monoisotopic (exact) mass is 1610 g/mol. The highest BCUT2D eigenvalue weighted by Crippen LogP contribution is 2.51. The quantitative estimate of drug-likeness (QED) is 0.0232. The van der Waals surface area contributed by atoms with Crippen molar-refractivity contribution in [2.24, 2.45) is 0 Å². The highest BCUT2D eigenvalue weighted by molar-refractivity contribution is 7.53. The number of likely N-dealkylation sites (N-methyl/N-ethyl adjacent to an activating group) is 6. The predicted octanol–water partition coefficient (Wildman–Crippen LogP) is 20.0. The summed E-state index contributed by atoms with van der Waals surface area (Å²) in [6.07, 6.45) is 20.2. The van der Waals surface area contributed by atoms with E-state index in [1.165, 1.54) is 84.0 Å². The Kier molecular flexibility index (Phi) is 48.6. The maximum atomic E-state index is 13.1. The van der Waals surface area contributed by atoms with Crippen molar-refractivity contribution in [3.8, 4) is 0 Å². The van der Waals surface area contributed by atoms with Gasteiger partial charge in [0.1, 0.15) is 40.5 Å². The van der Waals surface area contributed by atoms with Crippen molar-refractivity contribution in [1.29, 1.82) is 0 Å². The lowest BCUT2D eigenvalue weighted by Crippen LogP contribution is -2.34. The number of Topliss-reactive ketones (excluding diaryl/α,β-unsaturated/α-hetero) is 6. The van der Waals surface area contributed by atoms with Gasteiger partial charge in [-0.2, -0.15) is 0 Å². The second-order valence-electron chi connectivity index (χ2n) is 27.6. The molecule has 6 aromatic rings. The maximum absolute atomic E-state index is 13.1. The average Bonchev–Trinajstić information content (AvgIpc) is 1.69. The van der Waals surface area contributed by atoms with Crippen LogP contribution in [0.25, 0.3) is 27.9 Å². The number of benzene rings is 6. The largest absolute Gasteiger partial charge is 0.335 e. The lowest BCUT2D eigenvalue weighted by atomic mass is 9.94. The van der Waals surface area contributed by atoms with Crippen LogP contribution in [0.15, 0.2) is 146 Å². The molecule has 0 radical (unpaired) electrons. The number of halogens is 3. The van der Waals surface area contributed by atoms with Crippen molar-refractivity contribution >= 4 is 93.4 Å². The van der Waals surface area contributed by atoms with Gasteiger partial charge in [0.25, 0.3) is 0 Å². The van der Waals surface area contributed by atoms with Crippen LogP contribution in [0.2, 0.25) is 10.0 Å². The summed E-state index contributed by atoms with van der Waals surface area (Å²) in [4.78, 5) is 68.6. The molecule has 15 nitrogen and oxygen atoms in total. The van der Waals surface area contributed by atoms with Gasteiger partial charge in [0.05, 0.1) is 55.6 Å². The first kappa shape index (κ1) is 105. The zero-order valence-corrected chi connectivity index (χ0v) is 67.9. The molecule has 0 aromatic heterocycles. The number of hydrogen-bond donors (Lipinski definition) is 6. The summed E-state index contributed by atoms with van der Waals surface area (Å²) in [5.74, 6) is 0.799. The molecule has 0 saturated heterocycles. The molecular weight excluding hydrogens is 1480 g/mol. The minimum Gasteiger partial charge on any atom is -0.310 e. The number of allylic oxidation sites excluding steroid dienone is 5. The van der Waals surface area contributed by atoms with Crippen molar-refractivity contribution in [2.45, 2.75) is 227 Å².